The van der Waals surface area contributed by atoms with Crippen molar-refractivity contribution in [2.24, 2.45) is 17.4 Å². The van der Waals surface area contributed by atoms with Crippen LogP contribution in [0.15, 0.2) is 0 Å². The van der Waals surface area contributed by atoms with Gasteiger partial charge in [-0.05, 0) is 32.6 Å². The van der Waals surface area contributed by atoms with Crippen LogP contribution in [-0.2, 0) is 33.6 Å². The van der Waals surface area contributed by atoms with E-state index in [0.29, 0.717) is 0 Å². The van der Waals surface area contributed by atoms with E-state index in [9.17, 15) is 38.7 Å². The van der Waals surface area contributed by atoms with Crippen molar-refractivity contribution in [3.05, 3.63) is 0 Å². The molecule has 11 N–H and O–H groups in total. The molecule has 216 valence electrons. The molecule has 0 saturated carbocycles. The van der Waals surface area contributed by atoms with Crippen molar-refractivity contribution in [1.29, 1.82) is 0 Å². The van der Waals surface area contributed by atoms with Gasteiger partial charge in [-0.25, -0.2) is 4.79 Å². The normalized spacial score (nSPS) is 15.7. The Kier molecular flexibility index (Phi) is 14.5. The third-order valence-electron chi connectivity index (χ3n) is 5.18. The highest BCUT2D eigenvalue weighted by Gasteiger charge is 2.32. The van der Waals surface area contributed by atoms with Gasteiger partial charge < -0.3 is 48.1 Å². The second-order valence-corrected chi connectivity index (χ2v) is 9.26. The Bertz CT molecular complexity index is 894. The monoisotopic (exact) mass is 546 g/mol. The maximum Gasteiger partial charge on any atom is 0.328 e. The second kappa shape index (κ2) is 16.1. The number of aliphatic hydroxyl groups excluding tert-OH is 1. The zero-order valence-electron chi connectivity index (χ0n) is 21.7. The molecular weight excluding hydrogens is 508 g/mol. The van der Waals surface area contributed by atoms with E-state index in [1.165, 1.54) is 6.92 Å². The summed E-state index contributed by atoms with van der Waals surface area (Å²) in [5.74, 6) is -7.48. The molecule has 0 aliphatic carbocycles. The summed E-state index contributed by atoms with van der Waals surface area (Å²) in [6.45, 7) is 5.96. The molecule has 16 heteroatoms. The molecule has 0 unspecified atom stereocenters. The van der Waals surface area contributed by atoms with Crippen LogP contribution < -0.4 is 32.7 Å². The van der Waals surface area contributed by atoms with Gasteiger partial charge in [-0.15, -0.1) is 0 Å². The van der Waals surface area contributed by atoms with Crippen molar-refractivity contribution in [3.63, 3.8) is 0 Å². The molecule has 0 radical (unpaired) electrons. The lowest BCUT2D eigenvalue weighted by Crippen LogP contribution is -2.58. The number of amides is 5. The van der Waals surface area contributed by atoms with E-state index in [1.54, 1.807) is 0 Å². The van der Waals surface area contributed by atoms with E-state index in [2.05, 4.69) is 16.0 Å². The molecule has 6 atom stereocenters. The Hall–Kier alpha value is -3.79. The topological polar surface area (TPSA) is 280 Å². The van der Waals surface area contributed by atoms with Crippen molar-refractivity contribution >= 4 is 41.5 Å². The average molecular weight is 547 g/mol. The first-order valence-corrected chi connectivity index (χ1v) is 11.8. The molecule has 0 spiro atoms. The van der Waals surface area contributed by atoms with Gasteiger partial charge in [0.05, 0.1) is 18.6 Å². The van der Waals surface area contributed by atoms with Crippen LogP contribution in [0.4, 0.5) is 0 Å². The molecule has 0 rings (SSSR count). The number of aliphatic hydroxyl groups is 1. The molecule has 0 bridgehead atoms. The quantitative estimate of drug-likeness (QED) is 0.0863. The predicted molar refractivity (Wildman–Crippen MR) is 131 cm³/mol. The number of aliphatic carboxylic acids is 2. The summed E-state index contributed by atoms with van der Waals surface area (Å²) < 4.78 is 0. The number of nitrogens with two attached hydrogens (primary N) is 2. The van der Waals surface area contributed by atoms with Gasteiger partial charge in [0.2, 0.25) is 29.5 Å². The third kappa shape index (κ3) is 13.0. The van der Waals surface area contributed by atoms with Crippen LogP contribution in [0.2, 0.25) is 0 Å². The van der Waals surface area contributed by atoms with Crippen LogP contribution in [0.1, 0.15) is 53.4 Å². The molecule has 16 nitrogen and oxygen atoms in total. The molecule has 0 aromatic rings. The van der Waals surface area contributed by atoms with E-state index in [1.807, 2.05) is 19.2 Å². The van der Waals surface area contributed by atoms with Gasteiger partial charge >= 0.3 is 11.9 Å². The van der Waals surface area contributed by atoms with E-state index in [4.69, 9.17) is 21.7 Å². The Balaban J connectivity index is 5.48. The minimum Gasteiger partial charge on any atom is -0.481 e. The third-order valence-corrected chi connectivity index (χ3v) is 5.18. The summed E-state index contributed by atoms with van der Waals surface area (Å²) in [7, 11) is 0. The summed E-state index contributed by atoms with van der Waals surface area (Å²) in [5, 5.41) is 36.6. The molecule has 0 heterocycles. The minimum absolute atomic E-state index is 0.0531. The van der Waals surface area contributed by atoms with E-state index in [0.717, 1.165) is 6.92 Å². The second-order valence-electron chi connectivity index (χ2n) is 9.26. The lowest BCUT2D eigenvalue weighted by molar-refractivity contribution is -0.145. The van der Waals surface area contributed by atoms with Gasteiger partial charge in [0.15, 0.2) is 6.04 Å². The number of hydrogen-bond acceptors (Lipinski definition) is 9. The lowest BCUT2D eigenvalue weighted by Gasteiger charge is -2.25. The zero-order chi connectivity index (χ0) is 29.7. The smallest absolute Gasteiger partial charge is 0.328 e. The Morgan fingerprint density at radius 3 is 1.74 bits per heavy atom. The molecule has 0 aliphatic rings. The highest BCUT2D eigenvalue weighted by atomic mass is 16.4. The lowest BCUT2D eigenvalue weighted by atomic mass is 10.0. The molecule has 0 aromatic heterocycles. The van der Waals surface area contributed by atoms with Crippen molar-refractivity contribution in [2.75, 3.05) is 0 Å². The Labute approximate surface area is 219 Å². The Morgan fingerprint density at radius 2 is 1.29 bits per heavy atom. The van der Waals surface area contributed by atoms with Crippen molar-refractivity contribution in [2.45, 2.75) is 89.7 Å². The first-order chi connectivity index (χ1) is 17.5. The fourth-order valence-electron chi connectivity index (χ4n) is 3.15. The minimum atomic E-state index is -1.71. The number of carbonyl (C=O) groups excluding carboxylic acids is 5. The summed E-state index contributed by atoms with van der Waals surface area (Å²) in [5.41, 5.74) is 10.9. The van der Waals surface area contributed by atoms with Crippen LogP contribution in [0.5, 0.6) is 0 Å². The number of primary amides is 1. The van der Waals surface area contributed by atoms with Crippen LogP contribution in [0, 0.1) is 5.92 Å². The fraction of sp³-hybridized carbons (Fsp3) is 0.682. The first-order valence-electron chi connectivity index (χ1n) is 11.8. The van der Waals surface area contributed by atoms with Crippen molar-refractivity contribution in [3.8, 4) is 0 Å². The van der Waals surface area contributed by atoms with E-state index < -0.39 is 84.2 Å². The molecular formula is C22H38N6O10. The van der Waals surface area contributed by atoms with E-state index >= 15 is 0 Å². The van der Waals surface area contributed by atoms with Crippen molar-refractivity contribution < 1.29 is 48.9 Å². The highest BCUT2D eigenvalue weighted by Crippen LogP contribution is 2.05. The van der Waals surface area contributed by atoms with Crippen LogP contribution in [0.25, 0.3) is 0 Å². The van der Waals surface area contributed by atoms with Crippen molar-refractivity contribution in [1.82, 2.24) is 21.3 Å². The maximum atomic E-state index is 12.7. The molecule has 0 saturated heterocycles. The summed E-state index contributed by atoms with van der Waals surface area (Å²) in [4.78, 5) is 83.9. The number of hydrogen-bond donors (Lipinski definition) is 9. The molecule has 5 amide bonds. The zero-order valence-corrected chi connectivity index (χ0v) is 21.7. The largest absolute Gasteiger partial charge is 0.481 e. The number of carbonyl (C=O) groups is 7. The summed E-state index contributed by atoms with van der Waals surface area (Å²) >= 11 is 0. The first kappa shape index (κ1) is 34.2. The van der Waals surface area contributed by atoms with Gasteiger partial charge in [0.25, 0.3) is 0 Å². The number of rotatable bonds is 17. The average Bonchev–Trinajstić information content (AvgIpc) is 2.77. The number of carboxylic acid groups (broad SMARTS) is 2. The molecule has 0 aliphatic heterocycles. The number of carboxylic acids is 2. The van der Waals surface area contributed by atoms with Gasteiger partial charge in [-0.2, -0.15) is 0 Å². The summed E-state index contributed by atoms with van der Waals surface area (Å²) in [6.07, 6.45) is -2.71. The van der Waals surface area contributed by atoms with E-state index in [-0.39, 0.29) is 25.2 Å². The number of nitrogens with one attached hydrogen (secondary N) is 4. The van der Waals surface area contributed by atoms with Gasteiger partial charge in [0.1, 0.15) is 18.1 Å². The maximum absolute atomic E-state index is 12.7. The van der Waals surface area contributed by atoms with Crippen LogP contribution >= 0.6 is 0 Å². The molecule has 0 aromatic carbocycles. The van der Waals surface area contributed by atoms with Gasteiger partial charge in [-0.1, -0.05) is 13.8 Å². The predicted octanol–water partition coefficient (Wildman–Crippen LogP) is -3.48. The standard InChI is InChI=1S/C22H38N6O10/c1-9(2)7-12(23)19(34)27-14(8-16(31)32)21(36)25-10(3)18(33)26-13(5-6-15(24)30)20(35)28-17(11(4)29)22(37)38/h9-14,17,29H,5-8,23H2,1-4H3,(H2,24,30)(H,25,36)(H,26,33)(H,27,34)(H,28,35)(H,31,32)(H,37,38)/t10-,11+,12-,13-,14-,17-/m0/s1. The SMILES string of the molecule is CC(C)C[C@H](N)C(=O)N[C@@H](CC(=O)O)C(=O)N[C@@H](C)C(=O)N[C@@H](CCC(N)=O)C(=O)N[C@H](C(=O)O)[C@@H](C)O. The highest BCUT2D eigenvalue weighted by molar-refractivity contribution is 5.96. The Morgan fingerprint density at radius 1 is 0.763 bits per heavy atom. The fourth-order valence-corrected chi connectivity index (χ4v) is 3.15. The molecule has 0 fully saturated rings. The van der Waals surface area contributed by atoms with Gasteiger partial charge in [0, 0.05) is 6.42 Å². The van der Waals surface area contributed by atoms with Crippen LogP contribution in [0.3, 0.4) is 0 Å². The van der Waals surface area contributed by atoms with Gasteiger partial charge in [-0.3, -0.25) is 28.8 Å². The summed E-state index contributed by atoms with van der Waals surface area (Å²) in [6, 6.07) is -7.12. The molecule has 38 heavy (non-hydrogen) atoms. The van der Waals surface area contributed by atoms with Crippen LogP contribution in [-0.4, -0.2) is 93.1 Å².